The lowest BCUT2D eigenvalue weighted by Gasteiger charge is -2.32. The van der Waals surface area contributed by atoms with Gasteiger partial charge in [-0.15, -0.1) is 0 Å². The van der Waals surface area contributed by atoms with Crippen LogP contribution >= 0.6 is 0 Å². The average Bonchev–Trinajstić information content (AvgIpc) is 2.74. The number of piperazine rings is 1. The van der Waals surface area contributed by atoms with E-state index in [0.29, 0.717) is 13.1 Å². The Balaban J connectivity index is 1.47. The predicted octanol–water partition coefficient (Wildman–Crippen LogP) is 2.53. The number of hydrogen-bond donors (Lipinski definition) is 1. The van der Waals surface area contributed by atoms with Crippen LogP contribution in [0.3, 0.4) is 0 Å². The van der Waals surface area contributed by atoms with Gasteiger partial charge < -0.3 is 14.5 Å². The zero-order valence-corrected chi connectivity index (χ0v) is 16.0. The molecule has 0 atom stereocenters. The molecular weight excluding hydrogens is 355 g/mol. The number of fused-ring (bicyclic) bond motifs is 1. The van der Waals surface area contributed by atoms with Gasteiger partial charge >= 0.3 is 0 Å². The lowest BCUT2D eigenvalue weighted by Crippen LogP contribution is -3.13. The Bertz CT molecular complexity index is 997. The van der Waals surface area contributed by atoms with Gasteiger partial charge in [0, 0.05) is 0 Å². The van der Waals surface area contributed by atoms with Crippen molar-refractivity contribution in [2.75, 3.05) is 33.3 Å². The first-order valence-corrected chi connectivity index (χ1v) is 9.59. The summed E-state index contributed by atoms with van der Waals surface area (Å²) in [5, 5.41) is 2.41. The minimum absolute atomic E-state index is 0.154. The summed E-state index contributed by atoms with van der Waals surface area (Å²) in [5.41, 5.74) is 1.35. The van der Waals surface area contributed by atoms with Gasteiger partial charge in [-0.3, -0.25) is 4.79 Å². The summed E-state index contributed by atoms with van der Waals surface area (Å²) < 4.78 is 19.5. The van der Waals surface area contributed by atoms with Crippen LogP contribution in [0, 0.1) is 5.82 Å². The van der Waals surface area contributed by atoms with E-state index in [1.54, 1.807) is 30.2 Å². The summed E-state index contributed by atoms with van der Waals surface area (Å²) in [5.74, 6) is 0.221. The van der Waals surface area contributed by atoms with Gasteiger partial charge in [-0.25, -0.2) is 4.39 Å². The maximum atomic E-state index is 13.9. The molecule has 1 N–H and O–H groups in total. The highest BCUT2D eigenvalue weighted by atomic mass is 19.1. The molecule has 4 nitrogen and oxygen atoms in total. The second-order valence-corrected chi connectivity index (χ2v) is 7.17. The van der Waals surface area contributed by atoms with Crippen LogP contribution in [0.1, 0.15) is 15.9 Å². The van der Waals surface area contributed by atoms with Gasteiger partial charge in [0.05, 0.1) is 44.4 Å². The van der Waals surface area contributed by atoms with Gasteiger partial charge in [0.2, 0.25) is 0 Å². The van der Waals surface area contributed by atoms with Crippen molar-refractivity contribution in [2.24, 2.45) is 0 Å². The number of nitrogens with one attached hydrogen (secondary N) is 1. The maximum absolute atomic E-state index is 13.9. The fourth-order valence-electron chi connectivity index (χ4n) is 3.95. The van der Waals surface area contributed by atoms with Crippen molar-refractivity contribution >= 4 is 16.7 Å². The monoisotopic (exact) mass is 379 g/mol. The average molecular weight is 379 g/mol. The van der Waals surface area contributed by atoms with E-state index in [0.717, 1.165) is 25.4 Å². The number of hydrogen-bond acceptors (Lipinski definition) is 2. The van der Waals surface area contributed by atoms with Gasteiger partial charge in [-0.05, 0) is 29.0 Å². The number of nitrogens with zero attached hydrogens (tertiary/aromatic N) is 1. The van der Waals surface area contributed by atoms with E-state index in [1.807, 2.05) is 18.2 Å². The van der Waals surface area contributed by atoms with E-state index in [2.05, 4.69) is 18.2 Å². The largest absolute Gasteiger partial charge is 0.496 e. The summed E-state index contributed by atoms with van der Waals surface area (Å²) in [6.07, 6.45) is 0. The maximum Gasteiger partial charge on any atom is 0.257 e. The fourth-order valence-corrected chi connectivity index (χ4v) is 3.95. The molecule has 1 amide bonds. The van der Waals surface area contributed by atoms with Crippen molar-refractivity contribution in [1.82, 2.24) is 4.90 Å². The normalized spacial score (nSPS) is 15.0. The van der Waals surface area contributed by atoms with Crippen LogP contribution in [0.15, 0.2) is 60.7 Å². The molecule has 3 aromatic carbocycles. The molecule has 144 valence electrons. The summed E-state index contributed by atoms with van der Waals surface area (Å²) in [6, 6.07) is 18.6. The standard InChI is InChI=1S/C23H23FN2O2/c1-28-22-11-10-17-6-2-3-7-18(17)20(22)16-25-12-14-26(15-13-25)23(27)19-8-4-5-9-21(19)24/h2-11H,12-16H2,1H3/p+1. The highest BCUT2D eigenvalue weighted by Gasteiger charge is 2.27. The molecule has 4 rings (SSSR count). The molecule has 0 radical (unpaired) electrons. The number of halogens is 1. The number of amides is 1. The van der Waals surface area contributed by atoms with Crippen molar-refractivity contribution in [3.8, 4) is 5.75 Å². The Labute approximate surface area is 164 Å². The van der Waals surface area contributed by atoms with Crippen LogP contribution in [0.25, 0.3) is 10.8 Å². The molecule has 1 aliphatic heterocycles. The number of ether oxygens (including phenoxy) is 1. The van der Waals surface area contributed by atoms with E-state index in [4.69, 9.17) is 4.74 Å². The van der Waals surface area contributed by atoms with Gasteiger partial charge in [0.1, 0.15) is 18.1 Å². The third-order valence-corrected chi connectivity index (χ3v) is 5.51. The molecule has 0 aliphatic carbocycles. The lowest BCUT2D eigenvalue weighted by atomic mass is 10.0. The van der Waals surface area contributed by atoms with E-state index in [1.165, 1.54) is 27.3 Å². The molecule has 1 heterocycles. The zero-order chi connectivity index (χ0) is 19.5. The first-order valence-electron chi connectivity index (χ1n) is 9.59. The van der Waals surface area contributed by atoms with Crippen molar-refractivity contribution < 1.29 is 18.8 Å². The minimum atomic E-state index is -0.456. The van der Waals surface area contributed by atoms with Crippen LogP contribution in [-0.2, 0) is 6.54 Å². The zero-order valence-electron chi connectivity index (χ0n) is 16.0. The number of quaternary nitrogens is 1. The molecule has 0 saturated carbocycles. The Morgan fingerprint density at radius 2 is 1.75 bits per heavy atom. The molecule has 3 aromatic rings. The Kier molecular flexibility index (Phi) is 5.26. The lowest BCUT2D eigenvalue weighted by molar-refractivity contribution is -0.917. The summed E-state index contributed by atoms with van der Waals surface area (Å²) in [6.45, 7) is 3.73. The second kappa shape index (κ2) is 7.98. The minimum Gasteiger partial charge on any atom is -0.496 e. The summed E-state index contributed by atoms with van der Waals surface area (Å²) in [7, 11) is 1.70. The Morgan fingerprint density at radius 1 is 1.04 bits per heavy atom. The van der Waals surface area contributed by atoms with E-state index in [-0.39, 0.29) is 11.5 Å². The molecule has 1 fully saturated rings. The highest BCUT2D eigenvalue weighted by molar-refractivity contribution is 5.94. The first-order chi connectivity index (χ1) is 13.7. The second-order valence-electron chi connectivity index (χ2n) is 7.17. The van der Waals surface area contributed by atoms with Crippen molar-refractivity contribution in [2.45, 2.75) is 6.54 Å². The van der Waals surface area contributed by atoms with Gasteiger partial charge in [0.25, 0.3) is 5.91 Å². The van der Waals surface area contributed by atoms with Gasteiger partial charge in [-0.2, -0.15) is 0 Å². The third kappa shape index (κ3) is 3.58. The van der Waals surface area contributed by atoms with Crippen LogP contribution in [0.4, 0.5) is 4.39 Å². The van der Waals surface area contributed by atoms with E-state index < -0.39 is 5.82 Å². The predicted molar refractivity (Wildman–Crippen MR) is 107 cm³/mol. The SMILES string of the molecule is COc1ccc2ccccc2c1C[NH+]1CCN(C(=O)c2ccccc2F)CC1. The van der Waals surface area contributed by atoms with Gasteiger partial charge in [-0.1, -0.05) is 42.5 Å². The number of benzene rings is 3. The first kappa shape index (κ1) is 18.4. The fraction of sp³-hybridized carbons (Fsp3) is 0.261. The smallest absolute Gasteiger partial charge is 0.257 e. The molecule has 0 spiro atoms. The molecule has 0 bridgehead atoms. The van der Waals surface area contributed by atoms with Crippen LogP contribution in [0.5, 0.6) is 5.75 Å². The number of rotatable bonds is 4. The number of carbonyl (C=O) groups is 1. The molecule has 0 unspecified atom stereocenters. The quantitative estimate of drug-likeness (QED) is 0.756. The third-order valence-electron chi connectivity index (χ3n) is 5.51. The molecular formula is C23H24FN2O2+. The molecule has 0 aromatic heterocycles. The van der Waals surface area contributed by atoms with E-state index >= 15 is 0 Å². The van der Waals surface area contributed by atoms with Crippen LogP contribution in [-0.4, -0.2) is 44.1 Å². The molecule has 28 heavy (non-hydrogen) atoms. The van der Waals surface area contributed by atoms with Crippen molar-refractivity contribution in [1.29, 1.82) is 0 Å². The Hall–Kier alpha value is -2.92. The van der Waals surface area contributed by atoms with E-state index in [9.17, 15) is 9.18 Å². The Morgan fingerprint density at radius 3 is 2.50 bits per heavy atom. The van der Waals surface area contributed by atoms with Crippen LogP contribution < -0.4 is 9.64 Å². The van der Waals surface area contributed by atoms with Crippen LogP contribution in [0.2, 0.25) is 0 Å². The topological polar surface area (TPSA) is 34.0 Å². The summed E-state index contributed by atoms with van der Waals surface area (Å²) >= 11 is 0. The molecule has 1 saturated heterocycles. The van der Waals surface area contributed by atoms with Gasteiger partial charge in [0.15, 0.2) is 0 Å². The van der Waals surface area contributed by atoms with Crippen molar-refractivity contribution in [3.05, 3.63) is 77.6 Å². The highest BCUT2D eigenvalue weighted by Crippen LogP contribution is 2.27. The number of carbonyl (C=O) groups excluding carboxylic acids is 1. The molecule has 5 heteroatoms. The summed E-state index contributed by atoms with van der Waals surface area (Å²) in [4.78, 5) is 15.8. The van der Waals surface area contributed by atoms with Crippen molar-refractivity contribution in [3.63, 3.8) is 0 Å². The number of methoxy groups -OCH3 is 1. The molecule has 1 aliphatic rings.